The Kier molecular flexibility index (Phi) is 11.1. The Hall–Kier alpha value is -5.83. The standard InChI is InChI=1S/C43H48F2N10O3/c1-25(2)55-26(3)48-40-33(44)21-30(22-36(40)55)39-34(45)24-47-43(52-39)50-37-10-4-28(23-46-37)20-27-12-16-53(17-13-27)32-14-18-54(19-15-32)31-7-5-29(6-8-31)41(57)49-35-9-11-38(56)51-42(35)58/h4-8,10,21-25,27,32,35H,9,11-20H2,1-3H3,(H,49,57)(H,51,56,58)(H,46,47,50,52). The SMILES string of the molecule is Cc1nc2c(F)cc(-c3nc(Nc4ccc(CC5CCN(C6CCN(c7ccc(C(=O)NC8CCC(=O)NC8=O)cc7)CC6)CC5)cn4)ncc3F)cc2n1C(C)C. The van der Waals surface area contributed by atoms with Crippen molar-refractivity contribution in [2.24, 2.45) is 5.92 Å². The molecule has 3 saturated heterocycles. The first-order chi connectivity index (χ1) is 28.0. The lowest BCUT2D eigenvalue weighted by Crippen LogP contribution is -2.52. The smallest absolute Gasteiger partial charge is 0.251 e. The van der Waals surface area contributed by atoms with Crippen LogP contribution in [-0.2, 0) is 16.0 Å². The largest absolute Gasteiger partial charge is 0.371 e. The molecule has 302 valence electrons. The van der Waals surface area contributed by atoms with E-state index < -0.39 is 23.6 Å². The van der Waals surface area contributed by atoms with Gasteiger partial charge in [-0.15, -0.1) is 0 Å². The molecule has 3 N–H and O–H groups in total. The number of pyridine rings is 1. The number of piperidine rings is 3. The van der Waals surface area contributed by atoms with Crippen molar-refractivity contribution < 1.29 is 23.2 Å². The first-order valence-electron chi connectivity index (χ1n) is 20.2. The van der Waals surface area contributed by atoms with Crippen molar-refractivity contribution in [1.82, 2.24) is 40.0 Å². The third-order valence-corrected chi connectivity index (χ3v) is 11.7. The maximum absolute atomic E-state index is 15.1. The molecule has 0 radical (unpaired) electrons. The Morgan fingerprint density at radius 3 is 2.34 bits per heavy atom. The number of amides is 3. The number of imide groups is 1. The predicted octanol–water partition coefficient (Wildman–Crippen LogP) is 6.26. The molecule has 3 amide bonds. The van der Waals surface area contributed by atoms with E-state index in [1.54, 1.807) is 18.2 Å². The highest BCUT2D eigenvalue weighted by molar-refractivity contribution is 6.03. The number of rotatable bonds is 10. The van der Waals surface area contributed by atoms with E-state index in [0.29, 0.717) is 46.7 Å². The Morgan fingerprint density at radius 2 is 1.66 bits per heavy atom. The lowest BCUT2D eigenvalue weighted by atomic mass is 9.89. The fourth-order valence-electron chi connectivity index (χ4n) is 8.66. The van der Waals surface area contributed by atoms with Crippen LogP contribution in [0.15, 0.2) is 60.9 Å². The molecule has 3 aliphatic rings. The van der Waals surface area contributed by atoms with Crippen molar-refractivity contribution in [2.45, 2.75) is 83.8 Å². The number of likely N-dealkylation sites (tertiary alicyclic amines) is 1. The van der Waals surface area contributed by atoms with Gasteiger partial charge in [0.2, 0.25) is 17.8 Å². The van der Waals surface area contributed by atoms with Crippen molar-refractivity contribution in [3.05, 3.63) is 89.5 Å². The van der Waals surface area contributed by atoms with Gasteiger partial charge in [0.05, 0.1) is 11.7 Å². The molecule has 1 atom stereocenters. The Labute approximate surface area is 335 Å². The number of anilines is 3. The van der Waals surface area contributed by atoms with Crippen molar-refractivity contribution >= 4 is 46.2 Å². The van der Waals surface area contributed by atoms with Gasteiger partial charge in [-0.3, -0.25) is 19.7 Å². The van der Waals surface area contributed by atoms with Gasteiger partial charge in [0.15, 0.2) is 11.6 Å². The average Bonchev–Trinajstić information content (AvgIpc) is 3.57. The highest BCUT2D eigenvalue weighted by Gasteiger charge is 2.30. The number of benzene rings is 2. The second kappa shape index (κ2) is 16.6. The quantitative estimate of drug-likeness (QED) is 0.139. The van der Waals surface area contributed by atoms with E-state index in [-0.39, 0.29) is 41.4 Å². The van der Waals surface area contributed by atoms with Crippen LogP contribution in [0.4, 0.5) is 26.2 Å². The van der Waals surface area contributed by atoms with E-state index in [2.05, 4.69) is 51.8 Å². The number of hydrogen-bond acceptors (Lipinski definition) is 10. The zero-order valence-electron chi connectivity index (χ0n) is 33.0. The van der Waals surface area contributed by atoms with Gasteiger partial charge in [0.1, 0.15) is 28.9 Å². The molecule has 3 fully saturated rings. The molecule has 58 heavy (non-hydrogen) atoms. The van der Waals surface area contributed by atoms with Crippen LogP contribution in [0.1, 0.15) is 80.2 Å². The zero-order chi connectivity index (χ0) is 40.5. The number of imidazole rings is 1. The van der Waals surface area contributed by atoms with Gasteiger partial charge in [-0.1, -0.05) is 6.07 Å². The number of carbonyl (C=O) groups excluding carboxylic acids is 3. The molecule has 5 aromatic rings. The second-order valence-electron chi connectivity index (χ2n) is 15.9. The molecule has 6 heterocycles. The molecule has 0 spiro atoms. The first-order valence-corrected chi connectivity index (χ1v) is 20.2. The van der Waals surface area contributed by atoms with Crippen molar-refractivity contribution in [2.75, 3.05) is 36.4 Å². The molecular formula is C43H48F2N10O3. The van der Waals surface area contributed by atoms with Crippen LogP contribution in [0.2, 0.25) is 0 Å². The second-order valence-corrected chi connectivity index (χ2v) is 15.9. The molecule has 1 unspecified atom stereocenters. The molecule has 2 aromatic carbocycles. The van der Waals surface area contributed by atoms with E-state index in [9.17, 15) is 14.4 Å². The first kappa shape index (κ1) is 39.0. The summed E-state index contributed by atoms with van der Waals surface area (Å²) < 4.78 is 32.1. The summed E-state index contributed by atoms with van der Waals surface area (Å²) in [6.07, 6.45) is 8.82. The highest BCUT2D eigenvalue weighted by atomic mass is 19.1. The Balaban J connectivity index is 0.800. The Morgan fingerprint density at radius 1 is 0.897 bits per heavy atom. The van der Waals surface area contributed by atoms with Gasteiger partial charge in [0.25, 0.3) is 5.91 Å². The monoisotopic (exact) mass is 790 g/mol. The number of carbonyl (C=O) groups is 3. The van der Waals surface area contributed by atoms with Gasteiger partial charge in [-0.2, -0.15) is 0 Å². The average molecular weight is 791 g/mol. The molecule has 0 saturated carbocycles. The lowest BCUT2D eigenvalue weighted by molar-refractivity contribution is -0.134. The third kappa shape index (κ3) is 8.40. The number of nitrogens with one attached hydrogen (secondary N) is 3. The minimum atomic E-state index is -0.697. The van der Waals surface area contributed by atoms with Crippen LogP contribution in [0.25, 0.3) is 22.3 Å². The van der Waals surface area contributed by atoms with Crippen LogP contribution in [-0.4, -0.2) is 85.4 Å². The fourth-order valence-corrected chi connectivity index (χ4v) is 8.66. The topological polar surface area (TPSA) is 150 Å². The zero-order valence-corrected chi connectivity index (χ0v) is 33.0. The molecular weight excluding hydrogens is 743 g/mol. The summed E-state index contributed by atoms with van der Waals surface area (Å²) >= 11 is 0. The van der Waals surface area contributed by atoms with E-state index in [4.69, 9.17) is 0 Å². The maximum atomic E-state index is 15.1. The molecule has 13 nitrogen and oxygen atoms in total. The van der Waals surface area contributed by atoms with Crippen LogP contribution in [0.3, 0.4) is 0 Å². The van der Waals surface area contributed by atoms with Gasteiger partial charge < -0.3 is 25.0 Å². The number of halogens is 2. The normalized spacial score (nSPS) is 18.5. The number of aryl methyl sites for hydroxylation is 1. The molecule has 0 aliphatic carbocycles. The summed E-state index contributed by atoms with van der Waals surface area (Å²) in [6, 6.07) is 14.3. The molecule has 3 aromatic heterocycles. The lowest BCUT2D eigenvalue weighted by Gasteiger charge is -2.42. The third-order valence-electron chi connectivity index (χ3n) is 11.7. The summed E-state index contributed by atoms with van der Waals surface area (Å²) in [7, 11) is 0. The van der Waals surface area contributed by atoms with E-state index in [1.807, 2.05) is 49.7 Å². The van der Waals surface area contributed by atoms with E-state index in [1.165, 1.54) is 6.07 Å². The Bertz CT molecular complexity index is 2320. The molecule has 15 heteroatoms. The highest BCUT2D eigenvalue weighted by Crippen LogP contribution is 2.32. The van der Waals surface area contributed by atoms with Gasteiger partial charge in [-0.05, 0) is 126 Å². The molecule has 3 aliphatic heterocycles. The van der Waals surface area contributed by atoms with Gasteiger partial charge in [0, 0.05) is 54.6 Å². The van der Waals surface area contributed by atoms with E-state index >= 15 is 8.78 Å². The summed E-state index contributed by atoms with van der Waals surface area (Å²) in [5.74, 6) is -0.337. The van der Waals surface area contributed by atoms with Crippen molar-refractivity contribution in [3.63, 3.8) is 0 Å². The van der Waals surface area contributed by atoms with Gasteiger partial charge >= 0.3 is 0 Å². The van der Waals surface area contributed by atoms with Crippen LogP contribution >= 0.6 is 0 Å². The van der Waals surface area contributed by atoms with Crippen molar-refractivity contribution in [3.8, 4) is 11.3 Å². The van der Waals surface area contributed by atoms with Crippen LogP contribution in [0, 0.1) is 24.5 Å². The fraction of sp³-hybridized carbons (Fsp3) is 0.419. The molecule has 8 rings (SSSR count). The number of aromatic nitrogens is 5. The predicted molar refractivity (Wildman–Crippen MR) is 217 cm³/mol. The summed E-state index contributed by atoms with van der Waals surface area (Å²) in [6.45, 7) is 9.84. The summed E-state index contributed by atoms with van der Waals surface area (Å²) in [4.78, 5) is 58.7. The van der Waals surface area contributed by atoms with E-state index in [0.717, 1.165) is 75.7 Å². The van der Waals surface area contributed by atoms with Crippen LogP contribution in [0.5, 0.6) is 0 Å². The number of hydrogen-bond donors (Lipinski definition) is 3. The maximum Gasteiger partial charge on any atom is 0.251 e. The van der Waals surface area contributed by atoms with Crippen LogP contribution < -0.4 is 20.9 Å². The summed E-state index contributed by atoms with van der Waals surface area (Å²) in [5.41, 5.74) is 3.84. The molecule has 0 bridgehead atoms. The number of fused-ring (bicyclic) bond motifs is 1. The number of nitrogens with zero attached hydrogens (tertiary/aromatic N) is 7. The minimum Gasteiger partial charge on any atom is -0.371 e. The van der Waals surface area contributed by atoms with Crippen molar-refractivity contribution in [1.29, 1.82) is 0 Å². The minimum absolute atomic E-state index is 0.00984. The van der Waals surface area contributed by atoms with Gasteiger partial charge in [-0.25, -0.2) is 28.7 Å². The summed E-state index contributed by atoms with van der Waals surface area (Å²) in [5, 5.41) is 8.09.